The molecule has 0 aliphatic carbocycles. The Morgan fingerprint density at radius 2 is 2.12 bits per heavy atom. The number of nitriles is 1. The standard InChI is InChI=1S/C18H16N4O4/c1-3-21-10(2)8-14-16(18(21)23)15(12(9-19)17(20)26-14)11-6-4-5-7-13(11)22(24)25/h4-8,15H,3,20H2,1-2H3/t15-/m1/s1. The maximum absolute atomic E-state index is 13.0. The molecule has 8 nitrogen and oxygen atoms in total. The van der Waals surface area contributed by atoms with Crippen LogP contribution in [0.2, 0.25) is 0 Å². The van der Waals surface area contributed by atoms with E-state index in [-0.39, 0.29) is 39.6 Å². The van der Waals surface area contributed by atoms with Crippen molar-refractivity contribution in [2.24, 2.45) is 5.73 Å². The summed E-state index contributed by atoms with van der Waals surface area (Å²) in [6.07, 6.45) is 0. The van der Waals surface area contributed by atoms with Gasteiger partial charge in [-0.15, -0.1) is 0 Å². The number of hydrogen-bond donors (Lipinski definition) is 1. The molecule has 3 rings (SSSR count). The number of benzene rings is 1. The van der Waals surface area contributed by atoms with Gasteiger partial charge in [0.15, 0.2) is 0 Å². The second-order valence-corrected chi connectivity index (χ2v) is 5.85. The van der Waals surface area contributed by atoms with Crippen molar-refractivity contribution in [1.29, 1.82) is 5.26 Å². The molecule has 0 fully saturated rings. The first-order valence-electron chi connectivity index (χ1n) is 7.95. The van der Waals surface area contributed by atoms with Crippen molar-refractivity contribution in [3.8, 4) is 11.8 Å². The fourth-order valence-electron chi connectivity index (χ4n) is 3.29. The van der Waals surface area contributed by atoms with Crippen LogP contribution in [0.25, 0.3) is 0 Å². The van der Waals surface area contributed by atoms with Crippen molar-refractivity contribution >= 4 is 5.69 Å². The number of rotatable bonds is 3. The molecular weight excluding hydrogens is 336 g/mol. The van der Waals surface area contributed by atoms with E-state index < -0.39 is 10.8 Å². The van der Waals surface area contributed by atoms with Gasteiger partial charge < -0.3 is 15.0 Å². The van der Waals surface area contributed by atoms with Crippen molar-refractivity contribution in [2.45, 2.75) is 26.3 Å². The molecular formula is C18H16N4O4. The number of para-hydroxylation sites is 1. The zero-order chi connectivity index (χ0) is 19.0. The summed E-state index contributed by atoms with van der Waals surface area (Å²) in [5, 5.41) is 21.0. The third kappa shape index (κ3) is 2.50. The molecule has 1 aromatic carbocycles. The molecule has 2 N–H and O–H groups in total. The van der Waals surface area contributed by atoms with Crippen LogP contribution in [0.15, 0.2) is 46.6 Å². The molecule has 1 aliphatic rings. The predicted octanol–water partition coefficient (Wildman–Crippen LogP) is 2.30. The smallest absolute Gasteiger partial charge is 0.273 e. The fraction of sp³-hybridized carbons (Fsp3) is 0.222. The maximum atomic E-state index is 13.0. The van der Waals surface area contributed by atoms with E-state index in [2.05, 4.69) is 0 Å². The lowest BCUT2D eigenvalue weighted by molar-refractivity contribution is -0.385. The van der Waals surface area contributed by atoms with Crippen LogP contribution in [0.5, 0.6) is 5.75 Å². The van der Waals surface area contributed by atoms with Crippen LogP contribution in [0.1, 0.15) is 29.7 Å². The predicted molar refractivity (Wildman–Crippen MR) is 93.5 cm³/mol. The first kappa shape index (κ1) is 17.2. The maximum Gasteiger partial charge on any atom is 0.273 e. The Kier molecular flexibility index (Phi) is 4.22. The quantitative estimate of drug-likeness (QED) is 0.667. The zero-order valence-electron chi connectivity index (χ0n) is 14.2. The summed E-state index contributed by atoms with van der Waals surface area (Å²) in [5.74, 6) is -0.899. The van der Waals surface area contributed by atoms with E-state index in [0.717, 1.165) is 0 Å². The molecule has 0 saturated carbocycles. The van der Waals surface area contributed by atoms with Crippen LogP contribution < -0.4 is 16.0 Å². The second-order valence-electron chi connectivity index (χ2n) is 5.85. The Morgan fingerprint density at radius 1 is 1.42 bits per heavy atom. The summed E-state index contributed by atoms with van der Waals surface area (Å²) in [4.78, 5) is 24.0. The van der Waals surface area contributed by atoms with Crippen LogP contribution in [-0.2, 0) is 6.54 Å². The number of nitro benzene ring substituents is 1. The highest BCUT2D eigenvalue weighted by Gasteiger charge is 2.37. The molecule has 0 spiro atoms. The fourth-order valence-corrected chi connectivity index (χ4v) is 3.29. The molecule has 1 atom stereocenters. The highest BCUT2D eigenvalue weighted by Crippen LogP contribution is 2.43. The lowest BCUT2D eigenvalue weighted by Gasteiger charge is -2.27. The van der Waals surface area contributed by atoms with E-state index in [4.69, 9.17) is 10.5 Å². The van der Waals surface area contributed by atoms with Gasteiger partial charge in [0.25, 0.3) is 11.2 Å². The van der Waals surface area contributed by atoms with Crippen molar-refractivity contribution < 1.29 is 9.66 Å². The van der Waals surface area contributed by atoms with Crippen LogP contribution in [0.3, 0.4) is 0 Å². The van der Waals surface area contributed by atoms with Crippen LogP contribution >= 0.6 is 0 Å². The van der Waals surface area contributed by atoms with Crippen molar-refractivity contribution in [2.75, 3.05) is 0 Å². The largest absolute Gasteiger partial charge is 0.440 e. The van der Waals surface area contributed by atoms with Gasteiger partial charge in [-0.1, -0.05) is 18.2 Å². The number of aromatic nitrogens is 1. The van der Waals surface area contributed by atoms with E-state index in [1.165, 1.54) is 22.8 Å². The number of nitrogens with two attached hydrogens (primary N) is 1. The molecule has 0 bridgehead atoms. The van der Waals surface area contributed by atoms with E-state index in [9.17, 15) is 20.2 Å². The Hall–Kier alpha value is -3.60. The number of nitrogens with zero attached hydrogens (tertiary/aromatic N) is 3. The lowest BCUT2D eigenvalue weighted by Crippen LogP contribution is -2.32. The summed E-state index contributed by atoms with van der Waals surface area (Å²) in [6.45, 7) is 4.00. The molecule has 2 aromatic rings. The Bertz CT molecular complexity index is 1050. The second kappa shape index (κ2) is 6.37. The summed E-state index contributed by atoms with van der Waals surface area (Å²) in [5.41, 5.74) is 6.40. The summed E-state index contributed by atoms with van der Waals surface area (Å²) < 4.78 is 7.03. The molecule has 0 amide bonds. The Morgan fingerprint density at radius 3 is 2.73 bits per heavy atom. The average molecular weight is 352 g/mol. The number of nitro groups is 1. The van der Waals surface area contributed by atoms with Gasteiger partial charge in [0.05, 0.1) is 16.4 Å². The number of pyridine rings is 1. The summed E-state index contributed by atoms with van der Waals surface area (Å²) in [7, 11) is 0. The molecule has 1 aliphatic heterocycles. The normalized spacial score (nSPS) is 15.8. The van der Waals surface area contributed by atoms with Crippen molar-refractivity contribution in [3.63, 3.8) is 0 Å². The minimum absolute atomic E-state index is 0.0181. The molecule has 1 aromatic heterocycles. The number of ether oxygens (including phenoxy) is 1. The van der Waals surface area contributed by atoms with Gasteiger partial charge in [-0.2, -0.15) is 5.26 Å². The van der Waals surface area contributed by atoms with Gasteiger partial charge in [-0.25, -0.2) is 0 Å². The minimum atomic E-state index is -0.962. The summed E-state index contributed by atoms with van der Waals surface area (Å²) >= 11 is 0. The van der Waals surface area contributed by atoms with Gasteiger partial charge in [-0.05, 0) is 13.8 Å². The van der Waals surface area contributed by atoms with Gasteiger partial charge in [0.1, 0.15) is 17.4 Å². The highest BCUT2D eigenvalue weighted by atomic mass is 16.6. The van der Waals surface area contributed by atoms with Gasteiger partial charge in [-0.3, -0.25) is 14.9 Å². The zero-order valence-corrected chi connectivity index (χ0v) is 14.2. The number of hydrogen-bond acceptors (Lipinski definition) is 6. The third-order valence-corrected chi connectivity index (χ3v) is 4.45. The molecule has 0 unspecified atom stereocenters. The third-order valence-electron chi connectivity index (χ3n) is 4.45. The molecule has 2 heterocycles. The average Bonchev–Trinajstić information content (AvgIpc) is 2.60. The van der Waals surface area contributed by atoms with Crippen LogP contribution in [-0.4, -0.2) is 9.49 Å². The molecule has 132 valence electrons. The molecule has 26 heavy (non-hydrogen) atoms. The van der Waals surface area contributed by atoms with E-state index in [1.54, 1.807) is 19.1 Å². The van der Waals surface area contributed by atoms with Crippen molar-refractivity contribution in [3.05, 3.63) is 79.1 Å². The summed E-state index contributed by atoms with van der Waals surface area (Å²) in [6, 6.07) is 9.61. The first-order chi connectivity index (χ1) is 12.4. The van der Waals surface area contributed by atoms with E-state index in [0.29, 0.717) is 12.2 Å². The van der Waals surface area contributed by atoms with Gasteiger partial charge in [0, 0.05) is 29.9 Å². The van der Waals surface area contributed by atoms with Gasteiger partial charge in [0.2, 0.25) is 5.88 Å². The molecule has 8 heteroatoms. The molecule has 0 radical (unpaired) electrons. The van der Waals surface area contributed by atoms with Crippen LogP contribution in [0, 0.1) is 28.4 Å². The Labute approximate surface area is 148 Å². The number of allylic oxidation sites excluding steroid dienone is 1. The number of fused-ring (bicyclic) bond motifs is 1. The lowest BCUT2D eigenvalue weighted by atomic mass is 9.83. The topological polar surface area (TPSA) is 124 Å². The Balaban J connectivity index is 2.41. The van der Waals surface area contributed by atoms with Gasteiger partial charge >= 0.3 is 0 Å². The highest BCUT2D eigenvalue weighted by molar-refractivity contribution is 5.59. The van der Waals surface area contributed by atoms with Crippen molar-refractivity contribution in [1.82, 2.24) is 4.57 Å². The number of aryl methyl sites for hydroxylation is 1. The first-order valence-corrected chi connectivity index (χ1v) is 7.95. The van der Waals surface area contributed by atoms with Crippen LogP contribution in [0.4, 0.5) is 5.69 Å². The minimum Gasteiger partial charge on any atom is -0.440 e. The monoisotopic (exact) mass is 352 g/mol. The SMILES string of the molecule is CCn1c(C)cc2c(c1=O)[C@H](c1ccccc1[N+](=O)[O-])C(C#N)=C(N)O2. The van der Waals surface area contributed by atoms with E-state index >= 15 is 0 Å². The van der Waals surface area contributed by atoms with E-state index in [1.807, 2.05) is 13.0 Å². The molecule has 0 saturated heterocycles.